The summed E-state index contributed by atoms with van der Waals surface area (Å²) in [6.07, 6.45) is 2.40. The molecule has 0 saturated carbocycles. The number of carbonyl (C=O) groups excluding carboxylic acids is 1. The molecule has 0 bridgehead atoms. The number of nitrogens with zero attached hydrogens (tertiary/aromatic N) is 1. The first-order valence-electron chi connectivity index (χ1n) is 7.35. The van der Waals surface area contributed by atoms with E-state index in [4.69, 9.17) is 0 Å². The standard InChI is InChI=1S/C15H22N2O3S/c1-3-12(2)16-15(18)13-7-6-8-14(11-13)17-9-4-5-10-21(17,19)20/h6-8,11-12H,3-5,9-10H2,1-2H3,(H,16,18)/t12-/m1/s1. The van der Waals surface area contributed by atoms with Crippen LogP contribution < -0.4 is 9.62 Å². The molecule has 1 N–H and O–H groups in total. The molecule has 1 aliphatic heterocycles. The van der Waals surface area contributed by atoms with E-state index < -0.39 is 10.0 Å². The highest BCUT2D eigenvalue weighted by Gasteiger charge is 2.26. The number of hydrogen-bond acceptors (Lipinski definition) is 3. The molecule has 0 unspecified atom stereocenters. The average Bonchev–Trinajstić information content (AvgIpc) is 2.46. The van der Waals surface area contributed by atoms with E-state index in [2.05, 4.69) is 5.32 Å². The molecule has 1 aromatic rings. The van der Waals surface area contributed by atoms with E-state index in [0.717, 1.165) is 12.8 Å². The summed E-state index contributed by atoms with van der Waals surface area (Å²) in [7, 11) is -3.25. The van der Waals surface area contributed by atoms with Crippen molar-refractivity contribution in [3.8, 4) is 0 Å². The minimum absolute atomic E-state index is 0.0971. The minimum Gasteiger partial charge on any atom is -0.350 e. The van der Waals surface area contributed by atoms with Crippen LogP contribution in [0.1, 0.15) is 43.5 Å². The molecule has 1 fully saturated rings. The van der Waals surface area contributed by atoms with Crippen molar-refractivity contribution in [3.63, 3.8) is 0 Å². The van der Waals surface area contributed by atoms with Crippen LogP contribution in [0, 0.1) is 0 Å². The van der Waals surface area contributed by atoms with Crippen LogP contribution in [0.5, 0.6) is 0 Å². The maximum absolute atomic E-state index is 12.1. The van der Waals surface area contributed by atoms with Crippen molar-refractivity contribution < 1.29 is 13.2 Å². The van der Waals surface area contributed by atoms with Gasteiger partial charge in [-0.1, -0.05) is 13.0 Å². The number of benzene rings is 1. The lowest BCUT2D eigenvalue weighted by molar-refractivity contribution is 0.0939. The zero-order valence-corrected chi connectivity index (χ0v) is 13.3. The third-order valence-corrected chi connectivity index (χ3v) is 5.61. The van der Waals surface area contributed by atoms with Gasteiger partial charge in [-0.3, -0.25) is 9.10 Å². The van der Waals surface area contributed by atoms with Gasteiger partial charge in [-0.2, -0.15) is 0 Å². The smallest absolute Gasteiger partial charge is 0.251 e. The van der Waals surface area contributed by atoms with Gasteiger partial charge in [0.2, 0.25) is 10.0 Å². The van der Waals surface area contributed by atoms with Crippen molar-refractivity contribution in [3.05, 3.63) is 29.8 Å². The van der Waals surface area contributed by atoms with Gasteiger partial charge in [-0.15, -0.1) is 0 Å². The Kier molecular flexibility index (Phi) is 4.88. The summed E-state index contributed by atoms with van der Waals surface area (Å²) < 4.78 is 25.6. The normalized spacial score (nSPS) is 19.0. The Bertz CT molecular complexity index is 613. The summed E-state index contributed by atoms with van der Waals surface area (Å²) in [5.41, 5.74) is 1.07. The topological polar surface area (TPSA) is 66.5 Å². The number of nitrogens with one attached hydrogen (secondary N) is 1. The zero-order valence-electron chi connectivity index (χ0n) is 12.5. The monoisotopic (exact) mass is 310 g/mol. The third kappa shape index (κ3) is 3.75. The van der Waals surface area contributed by atoms with Crippen molar-refractivity contribution in [2.75, 3.05) is 16.6 Å². The second kappa shape index (κ2) is 6.47. The van der Waals surface area contributed by atoms with E-state index in [9.17, 15) is 13.2 Å². The molecule has 5 nitrogen and oxygen atoms in total. The van der Waals surface area contributed by atoms with Gasteiger partial charge in [-0.05, 0) is 44.4 Å². The van der Waals surface area contributed by atoms with E-state index in [1.807, 2.05) is 13.8 Å². The molecule has 0 radical (unpaired) electrons. The molecule has 1 amide bonds. The maximum Gasteiger partial charge on any atom is 0.251 e. The predicted molar refractivity (Wildman–Crippen MR) is 84.0 cm³/mol. The van der Waals surface area contributed by atoms with Gasteiger partial charge >= 0.3 is 0 Å². The molecule has 0 aromatic heterocycles. The van der Waals surface area contributed by atoms with Gasteiger partial charge in [-0.25, -0.2) is 8.42 Å². The van der Waals surface area contributed by atoms with E-state index in [-0.39, 0.29) is 17.7 Å². The molecule has 21 heavy (non-hydrogen) atoms. The molecule has 1 atom stereocenters. The predicted octanol–water partition coefficient (Wildman–Crippen LogP) is 2.14. The van der Waals surface area contributed by atoms with Crippen LogP contribution in [0.3, 0.4) is 0 Å². The Balaban J connectivity index is 2.23. The highest BCUT2D eigenvalue weighted by atomic mass is 32.2. The Morgan fingerprint density at radius 1 is 1.38 bits per heavy atom. The molecule has 0 aliphatic carbocycles. The van der Waals surface area contributed by atoms with Crippen LogP contribution in [0.25, 0.3) is 0 Å². The van der Waals surface area contributed by atoms with E-state index in [0.29, 0.717) is 24.2 Å². The first-order valence-corrected chi connectivity index (χ1v) is 8.96. The lowest BCUT2D eigenvalue weighted by Gasteiger charge is -2.28. The van der Waals surface area contributed by atoms with Gasteiger partial charge in [0.05, 0.1) is 11.4 Å². The van der Waals surface area contributed by atoms with Crippen molar-refractivity contribution in [2.24, 2.45) is 0 Å². The zero-order chi connectivity index (χ0) is 15.5. The van der Waals surface area contributed by atoms with E-state index >= 15 is 0 Å². The number of amides is 1. The number of hydrogen-bond donors (Lipinski definition) is 1. The first-order chi connectivity index (χ1) is 9.94. The second-order valence-electron chi connectivity index (χ2n) is 5.43. The molecule has 1 aliphatic rings. The molecule has 6 heteroatoms. The van der Waals surface area contributed by atoms with Gasteiger partial charge in [0.1, 0.15) is 0 Å². The maximum atomic E-state index is 12.1. The third-order valence-electron chi connectivity index (χ3n) is 3.74. The van der Waals surface area contributed by atoms with E-state index in [1.54, 1.807) is 24.3 Å². The first kappa shape index (κ1) is 15.8. The molecule has 0 spiro atoms. The fourth-order valence-corrected chi connectivity index (χ4v) is 3.92. The Labute approximate surface area is 126 Å². The highest BCUT2D eigenvalue weighted by molar-refractivity contribution is 7.92. The van der Waals surface area contributed by atoms with Gasteiger partial charge in [0.15, 0.2) is 0 Å². The average molecular weight is 310 g/mol. The lowest BCUT2D eigenvalue weighted by atomic mass is 10.1. The fraction of sp³-hybridized carbons (Fsp3) is 0.533. The summed E-state index contributed by atoms with van der Waals surface area (Å²) in [4.78, 5) is 12.1. The van der Waals surface area contributed by atoms with Crippen molar-refractivity contribution in [1.82, 2.24) is 5.32 Å². The van der Waals surface area contributed by atoms with Crippen LogP contribution in [0.2, 0.25) is 0 Å². The lowest BCUT2D eigenvalue weighted by Crippen LogP contribution is -2.38. The number of carbonyl (C=O) groups is 1. The van der Waals surface area contributed by atoms with Crippen LogP contribution in [0.15, 0.2) is 24.3 Å². The van der Waals surface area contributed by atoms with E-state index in [1.165, 1.54) is 4.31 Å². The Morgan fingerprint density at radius 3 is 2.81 bits per heavy atom. The summed E-state index contributed by atoms with van der Waals surface area (Å²) >= 11 is 0. The molecule has 116 valence electrons. The molecular weight excluding hydrogens is 288 g/mol. The molecular formula is C15H22N2O3S. The SMILES string of the molecule is CC[C@@H](C)NC(=O)c1cccc(N2CCCCS2(=O)=O)c1. The quantitative estimate of drug-likeness (QED) is 0.926. The van der Waals surface area contributed by atoms with Crippen LogP contribution in [-0.2, 0) is 10.0 Å². The summed E-state index contributed by atoms with van der Waals surface area (Å²) in [5.74, 6) is 0.0108. The molecule has 2 rings (SSSR count). The Morgan fingerprint density at radius 2 is 2.14 bits per heavy atom. The van der Waals surface area contributed by atoms with Crippen molar-refractivity contribution in [2.45, 2.75) is 39.2 Å². The Hall–Kier alpha value is -1.56. The van der Waals surface area contributed by atoms with Crippen molar-refractivity contribution >= 4 is 21.6 Å². The summed E-state index contributed by atoms with van der Waals surface area (Å²) in [6.45, 7) is 4.43. The summed E-state index contributed by atoms with van der Waals surface area (Å²) in [5, 5.41) is 2.89. The van der Waals surface area contributed by atoms with Crippen molar-refractivity contribution in [1.29, 1.82) is 0 Å². The largest absolute Gasteiger partial charge is 0.350 e. The van der Waals surface area contributed by atoms with Crippen LogP contribution in [-0.4, -0.2) is 32.7 Å². The number of rotatable bonds is 4. The minimum atomic E-state index is -3.25. The van der Waals surface area contributed by atoms with Crippen LogP contribution in [0.4, 0.5) is 5.69 Å². The van der Waals surface area contributed by atoms with Gasteiger partial charge in [0, 0.05) is 18.2 Å². The fourth-order valence-electron chi connectivity index (χ4n) is 2.29. The highest BCUT2D eigenvalue weighted by Crippen LogP contribution is 2.24. The molecule has 1 saturated heterocycles. The summed E-state index contributed by atoms with van der Waals surface area (Å²) in [6, 6.07) is 6.92. The number of anilines is 1. The van der Waals surface area contributed by atoms with Crippen LogP contribution >= 0.6 is 0 Å². The molecule has 1 heterocycles. The number of sulfonamides is 1. The van der Waals surface area contributed by atoms with Gasteiger partial charge in [0.25, 0.3) is 5.91 Å². The van der Waals surface area contributed by atoms with Gasteiger partial charge < -0.3 is 5.32 Å². The second-order valence-corrected chi connectivity index (χ2v) is 7.44. The molecule has 1 aromatic carbocycles.